The highest BCUT2D eigenvalue weighted by atomic mass is 16.7. The zero-order chi connectivity index (χ0) is 27.6. The predicted molar refractivity (Wildman–Crippen MR) is 131 cm³/mol. The van der Waals surface area contributed by atoms with Crippen molar-refractivity contribution in [2.45, 2.75) is 37.6 Å². The second-order valence-corrected chi connectivity index (χ2v) is 8.41. The summed E-state index contributed by atoms with van der Waals surface area (Å²) in [6.07, 6.45) is -5.32. The minimum Gasteiger partial charge on any atom is -0.507 e. The van der Waals surface area contributed by atoms with E-state index < -0.39 is 48.7 Å². The Labute approximate surface area is 215 Å². The third-order valence-corrected chi connectivity index (χ3v) is 5.87. The van der Waals surface area contributed by atoms with Gasteiger partial charge in [0.25, 0.3) is 0 Å². The van der Waals surface area contributed by atoms with Crippen LogP contribution in [0.3, 0.4) is 0 Å². The van der Waals surface area contributed by atoms with E-state index >= 15 is 0 Å². The fourth-order valence-corrected chi connectivity index (χ4v) is 3.98. The number of benzene rings is 2. The highest BCUT2D eigenvalue weighted by molar-refractivity contribution is 5.87. The van der Waals surface area contributed by atoms with Crippen molar-refractivity contribution in [2.75, 3.05) is 13.7 Å². The van der Waals surface area contributed by atoms with Gasteiger partial charge >= 0.3 is 5.97 Å². The summed E-state index contributed by atoms with van der Waals surface area (Å²) >= 11 is 0. The first kappa shape index (κ1) is 26.9. The zero-order valence-corrected chi connectivity index (χ0v) is 20.3. The van der Waals surface area contributed by atoms with E-state index in [9.17, 15) is 35.1 Å². The van der Waals surface area contributed by atoms with Crippen molar-refractivity contribution in [2.24, 2.45) is 0 Å². The van der Waals surface area contributed by atoms with Gasteiger partial charge in [-0.25, -0.2) is 4.79 Å². The Kier molecular flexibility index (Phi) is 7.88. The molecule has 0 bridgehead atoms. The number of phenolic OH excluding ortho intramolecular Hbond substituents is 2. The van der Waals surface area contributed by atoms with Gasteiger partial charge in [0.2, 0.25) is 6.29 Å². The third kappa shape index (κ3) is 5.29. The van der Waals surface area contributed by atoms with Gasteiger partial charge in [0.15, 0.2) is 5.43 Å². The van der Waals surface area contributed by atoms with Gasteiger partial charge in [0, 0.05) is 24.3 Å². The van der Waals surface area contributed by atoms with Crippen LogP contribution in [0.2, 0.25) is 0 Å². The third-order valence-electron chi connectivity index (χ3n) is 5.87. The molecule has 1 fully saturated rings. The van der Waals surface area contributed by atoms with Gasteiger partial charge in [0.05, 0.1) is 7.11 Å². The molecule has 5 unspecified atom stereocenters. The Morgan fingerprint density at radius 1 is 1.05 bits per heavy atom. The van der Waals surface area contributed by atoms with E-state index in [0.717, 1.165) is 12.1 Å². The monoisotopic (exact) mass is 530 g/mol. The van der Waals surface area contributed by atoms with Gasteiger partial charge in [-0.3, -0.25) is 4.79 Å². The van der Waals surface area contributed by atoms with Crippen LogP contribution in [-0.2, 0) is 14.3 Å². The summed E-state index contributed by atoms with van der Waals surface area (Å²) in [7, 11) is 1.37. The van der Waals surface area contributed by atoms with Gasteiger partial charge in [0.1, 0.15) is 76.3 Å². The number of carbonyl (C=O) groups is 1. The summed E-state index contributed by atoms with van der Waals surface area (Å²) in [6.45, 7) is 1.16. The number of aliphatic hydroxyl groups is 3. The van der Waals surface area contributed by atoms with E-state index in [2.05, 4.69) is 0 Å². The number of aliphatic hydroxyl groups excluding tert-OH is 3. The lowest BCUT2D eigenvalue weighted by atomic mass is 9.99. The van der Waals surface area contributed by atoms with Crippen LogP contribution in [0.1, 0.15) is 6.92 Å². The fraction of sp³-hybridized carbons (Fsp3) is 0.308. The van der Waals surface area contributed by atoms with Crippen molar-refractivity contribution in [1.82, 2.24) is 0 Å². The van der Waals surface area contributed by atoms with E-state index in [0.29, 0.717) is 0 Å². The fourth-order valence-electron chi connectivity index (χ4n) is 3.98. The highest BCUT2D eigenvalue weighted by Gasteiger charge is 2.45. The van der Waals surface area contributed by atoms with E-state index in [4.69, 9.17) is 23.4 Å². The molecule has 1 aromatic heterocycles. The van der Waals surface area contributed by atoms with Crippen molar-refractivity contribution in [1.29, 1.82) is 0 Å². The summed E-state index contributed by atoms with van der Waals surface area (Å²) in [5.74, 6) is -1.47. The topological polar surface area (TPSA) is 185 Å². The lowest BCUT2D eigenvalue weighted by Gasteiger charge is -2.40. The van der Waals surface area contributed by atoms with E-state index in [1.165, 1.54) is 43.5 Å². The number of rotatable bonds is 7. The van der Waals surface area contributed by atoms with Crippen LogP contribution in [0.4, 0.5) is 0 Å². The Balaban J connectivity index is 1.69. The minimum atomic E-state index is -1.74. The first-order valence-corrected chi connectivity index (χ1v) is 11.5. The van der Waals surface area contributed by atoms with E-state index in [1.807, 2.05) is 0 Å². The number of allylic oxidation sites excluding steroid dienone is 1. The number of aromatic hydroxyl groups is 2. The second-order valence-electron chi connectivity index (χ2n) is 8.41. The van der Waals surface area contributed by atoms with Crippen LogP contribution in [0, 0.1) is 0 Å². The number of carbonyl (C=O) groups excluding carboxylic acids is 1. The van der Waals surface area contributed by atoms with Crippen molar-refractivity contribution in [3.05, 3.63) is 58.8 Å². The normalized spacial score (nSPS) is 23.4. The minimum absolute atomic E-state index is 0.0333. The number of esters is 1. The van der Waals surface area contributed by atoms with Crippen molar-refractivity contribution in [3.63, 3.8) is 0 Å². The summed E-state index contributed by atoms with van der Waals surface area (Å²) in [6, 6.07) is 7.77. The molecule has 0 saturated carbocycles. The smallest absolute Gasteiger partial charge is 0.330 e. The Morgan fingerprint density at radius 2 is 1.82 bits per heavy atom. The molecule has 202 valence electrons. The van der Waals surface area contributed by atoms with Gasteiger partial charge in [-0.2, -0.15) is 0 Å². The molecule has 0 radical (unpaired) electrons. The number of ether oxygens (including phenoxy) is 4. The molecule has 12 nitrogen and oxygen atoms in total. The highest BCUT2D eigenvalue weighted by Crippen LogP contribution is 2.40. The predicted octanol–water partition coefficient (Wildman–Crippen LogP) is 1.19. The van der Waals surface area contributed by atoms with Crippen molar-refractivity contribution in [3.8, 4) is 34.3 Å². The molecule has 1 saturated heterocycles. The molecular formula is C26H26O12. The molecule has 0 aliphatic carbocycles. The maximum absolute atomic E-state index is 12.8. The zero-order valence-electron chi connectivity index (χ0n) is 20.3. The molecule has 4 rings (SSSR count). The number of phenols is 2. The van der Waals surface area contributed by atoms with Crippen molar-refractivity contribution < 1.29 is 53.7 Å². The van der Waals surface area contributed by atoms with Gasteiger partial charge < -0.3 is 48.9 Å². The lowest BCUT2D eigenvalue weighted by molar-refractivity contribution is -0.278. The van der Waals surface area contributed by atoms with Gasteiger partial charge in [-0.05, 0) is 19.1 Å². The molecule has 38 heavy (non-hydrogen) atoms. The summed E-state index contributed by atoms with van der Waals surface area (Å²) in [5, 5.41) is 51.9. The molecule has 0 spiro atoms. The molecule has 12 heteroatoms. The average molecular weight is 530 g/mol. The number of methoxy groups -OCH3 is 1. The molecule has 2 heterocycles. The number of hydrogen-bond donors (Lipinski definition) is 5. The maximum atomic E-state index is 12.8. The summed E-state index contributed by atoms with van der Waals surface area (Å²) in [4.78, 5) is 24.5. The Bertz CT molecular complexity index is 1410. The molecule has 5 N–H and O–H groups in total. The van der Waals surface area contributed by atoms with E-state index in [1.54, 1.807) is 6.92 Å². The van der Waals surface area contributed by atoms with Gasteiger partial charge in [-0.15, -0.1) is 0 Å². The first-order chi connectivity index (χ1) is 18.1. The molecule has 2 aromatic carbocycles. The summed E-state index contributed by atoms with van der Waals surface area (Å²) < 4.78 is 27.2. The second kappa shape index (κ2) is 11.1. The maximum Gasteiger partial charge on any atom is 0.330 e. The molecular weight excluding hydrogens is 504 g/mol. The van der Waals surface area contributed by atoms with Crippen LogP contribution in [0.25, 0.3) is 22.3 Å². The van der Waals surface area contributed by atoms with Gasteiger partial charge in [-0.1, -0.05) is 12.1 Å². The standard InChI is InChI=1S/C26H26O12/c1-3-5-20(30)35-11-19-23(31)24(32)25(33)26(38-19)37-16-7-4-6-13(27)22(16)18-10-15(29)21-14(28)8-12(34-2)9-17(21)36-18/h3-10,19,23-28,31-33H,11H2,1-2H3. The Hall–Kier alpha value is -4.10. The number of fused-ring (bicyclic) bond motifs is 1. The molecule has 0 amide bonds. The molecule has 3 aromatic rings. The quantitative estimate of drug-likeness (QED) is 0.217. The first-order valence-electron chi connectivity index (χ1n) is 11.5. The number of hydrogen-bond acceptors (Lipinski definition) is 12. The Morgan fingerprint density at radius 3 is 2.53 bits per heavy atom. The molecule has 1 aliphatic rings. The largest absolute Gasteiger partial charge is 0.507 e. The van der Waals surface area contributed by atoms with Crippen LogP contribution < -0.4 is 14.9 Å². The SMILES string of the molecule is CC=CC(=O)OCC1OC(Oc2cccc(O)c2-c2cc(=O)c3c(O)cc(OC)cc3o2)C(O)C(O)C1O. The molecule has 5 atom stereocenters. The van der Waals surface area contributed by atoms with Crippen molar-refractivity contribution >= 4 is 16.9 Å². The van der Waals surface area contributed by atoms with Crippen LogP contribution in [0.5, 0.6) is 23.0 Å². The molecule has 1 aliphatic heterocycles. The van der Waals surface area contributed by atoms with Crippen LogP contribution in [-0.4, -0.2) is 75.9 Å². The van der Waals surface area contributed by atoms with E-state index in [-0.39, 0.29) is 45.3 Å². The van der Waals surface area contributed by atoms with Crippen LogP contribution in [0.15, 0.2) is 57.8 Å². The van der Waals surface area contributed by atoms with Crippen LogP contribution >= 0.6 is 0 Å². The summed E-state index contributed by atoms with van der Waals surface area (Å²) in [5.41, 5.74) is -0.749. The lowest BCUT2D eigenvalue weighted by Crippen LogP contribution is -2.60. The average Bonchev–Trinajstić information content (AvgIpc) is 2.88.